The first kappa shape index (κ1) is 16.9. The molecule has 1 aromatic rings. The Balaban J connectivity index is 0.00000200. The normalized spacial score (nSPS) is 19.2. The summed E-state index contributed by atoms with van der Waals surface area (Å²) in [5, 5.41) is 5.95. The van der Waals surface area contributed by atoms with Crippen LogP contribution in [0.1, 0.15) is 31.4 Å². The fourth-order valence-electron chi connectivity index (χ4n) is 2.38. The van der Waals surface area contributed by atoms with E-state index in [0.29, 0.717) is 17.9 Å². The van der Waals surface area contributed by atoms with Gasteiger partial charge in [-0.05, 0) is 38.4 Å². The van der Waals surface area contributed by atoms with Crippen molar-refractivity contribution in [2.75, 3.05) is 13.1 Å². The minimum Gasteiger partial charge on any atom is -0.349 e. The van der Waals surface area contributed by atoms with Gasteiger partial charge in [0.15, 0.2) is 0 Å². The second kappa shape index (κ2) is 7.55. The molecule has 0 radical (unpaired) electrons. The van der Waals surface area contributed by atoms with Gasteiger partial charge in [-0.3, -0.25) is 4.79 Å². The van der Waals surface area contributed by atoms with Crippen LogP contribution in [-0.2, 0) is 4.79 Å². The first-order chi connectivity index (χ1) is 9.06. The Morgan fingerprint density at radius 1 is 1.50 bits per heavy atom. The molecule has 2 rings (SSSR count). The standard InChI is InChI=1S/C14H18F2N2O.ClH/c1-9(12-3-2-11(15)7-13(12)16)18-14(19)6-10-4-5-17-8-10;/h2-3,7,9-10,17H,4-6,8H2,1H3,(H,18,19);1H. The Labute approximate surface area is 123 Å². The average Bonchev–Trinajstić information content (AvgIpc) is 2.81. The third-order valence-corrected chi connectivity index (χ3v) is 3.44. The molecule has 6 heteroatoms. The molecule has 1 aromatic carbocycles. The topological polar surface area (TPSA) is 41.1 Å². The third-order valence-electron chi connectivity index (χ3n) is 3.44. The van der Waals surface area contributed by atoms with Crippen LogP contribution in [0.2, 0.25) is 0 Å². The smallest absolute Gasteiger partial charge is 0.220 e. The Morgan fingerprint density at radius 2 is 2.25 bits per heavy atom. The molecule has 2 unspecified atom stereocenters. The number of amides is 1. The highest BCUT2D eigenvalue weighted by atomic mass is 35.5. The van der Waals surface area contributed by atoms with E-state index in [2.05, 4.69) is 10.6 Å². The number of nitrogens with one attached hydrogen (secondary N) is 2. The summed E-state index contributed by atoms with van der Waals surface area (Å²) in [4.78, 5) is 11.8. The van der Waals surface area contributed by atoms with Crippen LogP contribution >= 0.6 is 12.4 Å². The number of carbonyl (C=O) groups excluding carboxylic acids is 1. The van der Waals surface area contributed by atoms with Gasteiger partial charge in [-0.2, -0.15) is 0 Å². The number of rotatable bonds is 4. The number of carbonyl (C=O) groups is 1. The van der Waals surface area contributed by atoms with E-state index in [-0.39, 0.29) is 18.3 Å². The first-order valence-corrected chi connectivity index (χ1v) is 6.51. The van der Waals surface area contributed by atoms with E-state index in [1.807, 2.05) is 0 Å². The van der Waals surface area contributed by atoms with Gasteiger partial charge in [0, 0.05) is 18.1 Å². The van der Waals surface area contributed by atoms with E-state index in [4.69, 9.17) is 0 Å². The van der Waals surface area contributed by atoms with Crippen molar-refractivity contribution < 1.29 is 13.6 Å². The second-order valence-electron chi connectivity index (χ2n) is 5.02. The maximum absolute atomic E-state index is 13.6. The Bertz CT molecular complexity index is 464. The molecule has 20 heavy (non-hydrogen) atoms. The largest absolute Gasteiger partial charge is 0.349 e. The minimum absolute atomic E-state index is 0. The Morgan fingerprint density at radius 3 is 2.85 bits per heavy atom. The quantitative estimate of drug-likeness (QED) is 0.897. The lowest BCUT2D eigenvalue weighted by atomic mass is 10.0. The van der Waals surface area contributed by atoms with Crippen LogP contribution < -0.4 is 10.6 Å². The van der Waals surface area contributed by atoms with Crippen LogP contribution in [0, 0.1) is 17.6 Å². The molecule has 1 heterocycles. The molecular formula is C14H19ClF2N2O. The van der Waals surface area contributed by atoms with Crippen molar-refractivity contribution in [3.8, 4) is 0 Å². The molecule has 1 saturated heterocycles. The maximum Gasteiger partial charge on any atom is 0.220 e. The zero-order valence-corrected chi connectivity index (χ0v) is 12.1. The van der Waals surface area contributed by atoms with Gasteiger partial charge in [0.2, 0.25) is 5.91 Å². The van der Waals surface area contributed by atoms with Crippen molar-refractivity contribution in [2.45, 2.75) is 25.8 Å². The number of halogens is 3. The first-order valence-electron chi connectivity index (χ1n) is 6.51. The zero-order valence-electron chi connectivity index (χ0n) is 11.3. The van der Waals surface area contributed by atoms with E-state index in [0.717, 1.165) is 25.6 Å². The molecular weight excluding hydrogens is 286 g/mol. The van der Waals surface area contributed by atoms with Crippen molar-refractivity contribution in [1.82, 2.24) is 10.6 Å². The fourth-order valence-corrected chi connectivity index (χ4v) is 2.38. The summed E-state index contributed by atoms with van der Waals surface area (Å²) in [6.45, 7) is 3.49. The molecule has 0 spiro atoms. The molecule has 3 nitrogen and oxygen atoms in total. The van der Waals surface area contributed by atoms with Gasteiger partial charge in [0.25, 0.3) is 0 Å². The van der Waals surface area contributed by atoms with Crippen LogP contribution in [0.4, 0.5) is 8.78 Å². The summed E-state index contributed by atoms with van der Waals surface area (Å²) in [5.41, 5.74) is 0.305. The Hall–Kier alpha value is -1.20. The number of hydrogen-bond acceptors (Lipinski definition) is 2. The highest BCUT2D eigenvalue weighted by Gasteiger charge is 2.20. The molecule has 2 N–H and O–H groups in total. The third kappa shape index (κ3) is 4.42. The van der Waals surface area contributed by atoms with Crippen LogP contribution in [0.15, 0.2) is 18.2 Å². The lowest BCUT2D eigenvalue weighted by Gasteiger charge is -2.16. The molecule has 112 valence electrons. The average molecular weight is 305 g/mol. The van der Waals surface area contributed by atoms with Crippen molar-refractivity contribution in [3.63, 3.8) is 0 Å². The highest BCUT2D eigenvalue weighted by molar-refractivity contribution is 5.85. The predicted molar refractivity (Wildman–Crippen MR) is 75.8 cm³/mol. The molecule has 0 aromatic heterocycles. The molecule has 0 aliphatic carbocycles. The molecule has 1 amide bonds. The molecule has 2 atom stereocenters. The maximum atomic E-state index is 13.6. The molecule has 1 fully saturated rings. The van der Waals surface area contributed by atoms with Crippen LogP contribution in [-0.4, -0.2) is 19.0 Å². The lowest BCUT2D eigenvalue weighted by molar-refractivity contribution is -0.122. The van der Waals surface area contributed by atoms with Crippen molar-refractivity contribution in [3.05, 3.63) is 35.4 Å². The van der Waals surface area contributed by atoms with E-state index in [1.54, 1.807) is 6.92 Å². The molecule has 0 bridgehead atoms. The highest BCUT2D eigenvalue weighted by Crippen LogP contribution is 2.19. The van der Waals surface area contributed by atoms with Crippen molar-refractivity contribution in [2.24, 2.45) is 5.92 Å². The van der Waals surface area contributed by atoms with Gasteiger partial charge in [-0.1, -0.05) is 6.07 Å². The summed E-state index contributed by atoms with van der Waals surface area (Å²) >= 11 is 0. The van der Waals surface area contributed by atoms with Crippen LogP contribution in [0.3, 0.4) is 0 Å². The molecule has 1 aliphatic rings. The van der Waals surface area contributed by atoms with Crippen LogP contribution in [0.5, 0.6) is 0 Å². The zero-order chi connectivity index (χ0) is 13.8. The van der Waals surface area contributed by atoms with E-state index < -0.39 is 17.7 Å². The number of hydrogen-bond donors (Lipinski definition) is 2. The Kier molecular flexibility index (Phi) is 6.36. The summed E-state index contributed by atoms with van der Waals surface area (Å²) < 4.78 is 26.4. The van der Waals surface area contributed by atoms with Gasteiger partial charge in [-0.25, -0.2) is 8.78 Å². The van der Waals surface area contributed by atoms with Gasteiger partial charge < -0.3 is 10.6 Å². The monoisotopic (exact) mass is 304 g/mol. The van der Waals surface area contributed by atoms with Gasteiger partial charge >= 0.3 is 0 Å². The summed E-state index contributed by atoms with van der Waals surface area (Å²) in [5.74, 6) is -0.984. The summed E-state index contributed by atoms with van der Waals surface area (Å²) in [6.07, 6.45) is 1.44. The van der Waals surface area contributed by atoms with Crippen molar-refractivity contribution in [1.29, 1.82) is 0 Å². The summed E-state index contributed by atoms with van der Waals surface area (Å²) in [6, 6.07) is 2.94. The summed E-state index contributed by atoms with van der Waals surface area (Å²) in [7, 11) is 0. The van der Waals surface area contributed by atoms with Gasteiger partial charge in [-0.15, -0.1) is 12.4 Å². The van der Waals surface area contributed by atoms with E-state index in [1.165, 1.54) is 12.1 Å². The SMILES string of the molecule is CC(NC(=O)CC1CCNC1)c1ccc(F)cc1F.Cl. The molecule has 1 aliphatic heterocycles. The number of benzene rings is 1. The van der Waals surface area contributed by atoms with E-state index >= 15 is 0 Å². The van der Waals surface area contributed by atoms with Crippen LogP contribution in [0.25, 0.3) is 0 Å². The predicted octanol–water partition coefficient (Wildman–Crippen LogP) is 2.56. The van der Waals surface area contributed by atoms with E-state index in [9.17, 15) is 13.6 Å². The second-order valence-corrected chi connectivity index (χ2v) is 5.02. The minimum atomic E-state index is -0.629. The lowest BCUT2D eigenvalue weighted by Crippen LogP contribution is -2.29. The van der Waals surface area contributed by atoms with Gasteiger partial charge in [0.05, 0.1) is 6.04 Å². The van der Waals surface area contributed by atoms with Gasteiger partial charge in [0.1, 0.15) is 11.6 Å². The fraction of sp³-hybridized carbons (Fsp3) is 0.500. The molecule has 0 saturated carbocycles. The van der Waals surface area contributed by atoms with Crippen molar-refractivity contribution >= 4 is 18.3 Å².